The van der Waals surface area contributed by atoms with E-state index in [1.54, 1.807) is 12.1 Å². The van der Waals surface area contributed by atoms with Crippen LogP contribution in [0.2, 0.25) is 0 Å². The average Bonchev–Trinajstić information content (AvgIpc) is 3.11. The van der Waals surface area contributed by atoms with E-state index in [0.29, 0.717) is 12.5 Å². The number of rotatable bonds is 3. The van der Waals surface area contributed by atoms with Gasteiger partial charge in [-0.05, 0) is 36.8 Å². The van der Waals surface area contributed by atoms with Crippen molar-refractivity contribution in [1.82, 2.24) is 4.90 Å². The fourth-order valence-corrected chi connectivity index (χ4v) is 3.66. The first-order valence-electron chi connectivity index (χ1n) is 7.24. The maximum atomic E-state index is 12.5. The molecule has 2 fully saturated rings. The summed E-state index contributed by atoms with van der Waals surface area (Å²) in [4.78, 5) is 25.5. The van der Waals surface area contributed by atoms with E-state index in [2.05, 4.69) is 0 Å². The van der Waals surface area contributed by atoms with Crippen molar-refractivity contribution in [3.8, 4) is 0 Å². The lowest BCUT2D eigenvalue weighted by Gasteiger charge is -2.23. The molecule has 3 atom stereocenters. The molecule has 20 heavy (non-hydrogen) atoms. The van der Waals surface area contributed by atoms with Crippen LogP contribution in [-0.4, -0.2) is 34.5 Å². The van der Waals surface area contributed by atoms with E-state index in [4.69, 9.17) is 4.42 Å². The Kier molecular flexibility index (Phi) is 3.28. The SMILES string of the molecule is CCc1ccc(C(=O)N2CC3CCCC3C2C(=O)O)o1. The van der Waals surface area contributed by atoms with Crippen molar-refractivity contribution in [3.63, 3.8) is 0 Å². The second kappa shape index (κ2) is 4.96. The molecule has 1 saturated heterocycles. The van der Waals surface area contributed by atoms with Gasteiger partial charge in [-0.3, -0.25) is 4.79 Å². The number of carboxylic acids is 1. The molecule has 2 aliphatic rings. The monoisotopic (exact) mass is 277 g/mol. The summed E-state index contributed by atoms with van der Waals surface area (Å²) in [5.41, 5.74) is 0. The predicted octanol–water partition coefficient (Wildman–Crippen LogP) is 2.17. The Hall–Kier alpha value is -1.78. The number of aliphatic carboxylic acids is 1. The molecule has 5 nitrogen and oxygen atoms in total. The quantitative estimate of drug-likeness (QED) is 0.919. The molecule has 1 saturated carbocycles. The van der Waals surface area contributed by atoms with Gasteiger partial charge in [0.1, 0.15) is 11.8 Å². The Bertz CT molecular complexity index is 536. The minimum absolute atomic E-state index is 0.108. The number of carboxylic acid groups (broad SMARTS) is 1. The van der Waals surface area contributed by atoms with Crippen molar-refractivity contribution in [2.75, 3.05) is 6.54 Å². The molecule has 1 aliphatic heterocycles. The van der Waals surface area contributed by atoms with Gasteiger partial charge in [0.05, 0.1) is 0 Å². The fourth-order valence-electron chi connectivity index (χ4n) is 3.66. The van der Waals surface area contributed by atoms with Gasteiger partial charge < -0.3 is 14.4 Å². The molecule has 1 aliphatic carbocycles. The Morgan fingerprint density at radius 3 is 2.85 bits per heavy atom. The van der Waals surface area contributed by atoms with Crippen molar-refractivity contribution < 1.29 is 19.1 Å². The highest BCUT2D eigenvalue weighted by Gasteiger charge is 2.50. The van der Waals surface area contributed by atoms with Crippen LogP contribution in [0.15, 0.2) is 16.5 Å². The Balaban J connectivity index is 1.85. The fraction of sp³-hybridized carbons (Fsp3) is 0.600. The number of aryl methyl sites for hydroxylation is 1. The summed E-state index contributed by atoms with van der Waals surface area (Å²) in [7, 11) is 0. The van der Waals surface area contributed by atoms with Crippen LogP contribution in [0, 0.1) is 11.8 Å². The van der Waals surface area contributed by atoms with E-state index in [9.17, 15) is 14.7 Å². The summed E-state index contributed by atoms with van der Waals surface area (Å²) >= 11 is 0. The molecular formula is C15H19NO4. The summed E-state index contributed by atoms with van der Waals surface area (Å²) in [5.74, 6) is 0.270. The molecule has 1 aromatic rings. The third kappa shape index (κ3) is 2.01. The zero-order valence-electron chi connectivity index (χ0n) is 11.5. The molecule has 1 aromatic heterocycles. The molecular weight excluding hydrogens is 258 g/mol. The Labute approximate surface area is 117 Å². The number of carbonyl (C=O) groups is 2. The normalized spacial score (nSPS) is 28.6. The van der Waals surface area contributed by atoms with Gasteiger partial charge in [0.2, 0.25) is 0 Å². The molecule has 0 aromatic carbocycles. The lowest BCUT2D eigenvalue weighted by molar-refractivity contribution is -0.142. The number of hydrogen-bond acceptors (Lipinski definition) is 3. The van der Waals surface area contributed by atoms with Crippen molar-refractivity contribution in [3.05, 3.63) is 23.7 Å². The van der Waals surface area contributed by atoms with Gasteiger partial charge in [0.15, 0.2) is 5.76 Å². The van der Waals surface area contributed by atoms with E-state index in [0.717, 1.165) is 31.4 Å². The lowest BCUT2D eigenvalue weighted by Crippen LogP contribution is -2.43. The largest absolute Gasteiger partial charge is 0.480 e. The van der Waals surface area contributed by atoms with Crippen LogP contribution in [0.1, 0.15) is 42.5 Å². The number of hydrogen-bond donors (Lipinski definition) is 1. The molecule has 3 rings (SSSR count). The van der Waals surface area contributed by atoms with Crippen LogP contribution in [0.3, 0.4) is 0 Å². The third-order valence-electron chi connectivity index (χ3n) is 4.63. The van der Waals surface area contributed by atoms with Crippen LogP contribution >= 0.6 is 0 Å². The van der Waals surface area contributed by atoms with Gasteiger partial charge in [-0.2, -0.15) is 0 Å². The topological polar surface area (TPSA) is 70.8 Å². The third-order valence-corrected chi connectivity index (χ3v) is 4.63. The van der Waals surface area contributed by atoms with Crippen LogP contribution in [-0.2, 0) is 11.2 Å². The summed E-state index contributed by atoms with van der Waals surface area (Å²) in [6.45, 7) is 2.50. The molecule has 0 bridgehead atoms. The molecule has 2 heterocycles. The van der Waals surface area contributed by atoms with Crippen LogP contribution in [0.25, 0.3) is 0 Å². The summed E-state index contributed by atoms with van der Waals surface area (Å²) < 4.78 is 5.47. The van der Waals surface area contributed by atoms with Crippen molar-refractivity contribution in [2.24, 2.45) is 11.8 Å². The van der Waals surface area contributed by atoms with Crippen molar-refractivity contribution >= 4 is 11.9 Å². The molecule has 108 valence electrons. The second-order valence-corrected chi connectivity index (χ2v) is 5.71. The first-order valence-corrected chi connectivity index (χ1v) is 7.24. The highest BCUT2D eigenvalue weighted by molar-refractivity contribution is 5.95. The Morgan fingerprint density at radius 2 is 2.20 bits per heavy atom. The summed E-state index contributed by atoms with van der Waals surface area (Å²) in [6, 6.07) is 2.74. The number of fused-ring (bicyclic) bond motifs is 1. The van der Waals surface area contributed by atoms with Gasteiger partial charge >= 0.3 is 5.97 Å². The van der Waals surface area contributed by atoms with E-state index in [-0.39, 0.29) is 17.6 Å². The lowest BCUT2D eigenvalue weighted by atomic mass is 9.94. The summed E-state index contributed by atoms with van der Waals surface area (Å²) in [5, 5.41) is 9.45. The molecule has 0 radical (unpaired) electrons. The maximum Gasteiger partial charge on any atom is 0.326 e. The van der Waals surface area contributed by atoms with Crippen molar-refractivity contribution in [2.45, 2.75) is 38.6 Å². The number of furan rings is 1. The molecule has 3 unspecified atom stereocenters. The maximum absolute atomic E-state index is 12.5. The number of amides is 1. The van der Waals surface area contributed by atoms with Gasteiger partial charge in [-0.15, -0.1) is 0 Å². The zero-order valence-corrected chi connectivity index (χ0v) is 11.5. The number of nitrogens with zero attached hydrogens (tertiary/aromatic N) is 1. The Morgan fingerprint density at radius 1 is 1.40 bits per heavy atom. The van der Waals surface area contributed by atoms with Crippen LogP contribution in [0.5, 0.6) is 0 Å². The minimum atomic E-state index is -0.893. The molecule has 1 amide bonds. The van der Waals surface area contributed by atoms with Gasteiger partial charge in [0.25, 0.3) is 5.91 Å². The van der Waals surface area contributed by atoms with Gasteiger partial charge in [0, 0.05) is 13.0 Å². The number of carbonyl (C=O) groups excluding carboxylic acids is 1. The van der Waals surface area contributed by atoms with Crippen LogP contribution < -0.4 is 0 Å². The first-order chi connectivity index (χ1) is 9.61. The second-order valence-electron chi connectivity index (χ2n) is 5.71. The first kappa shape index (κ1) is 13.2. The van der Waals surface area contributed by atoms with E-state index in [1.165, 1.54) is 4.90 Å². The smallest absolute Gasteiger partial charge is 0.326 e. The highest BCUT2D eigenvalue weighted by Crippen LogP contribution is 2.42. The summed E-state index contributed by atoms with van der Waals surface area (Å²) in [6.07, 6.45) is 3.73. The van der Waals surface area contributed by atoms with E-state index in [1.807, 2.05) is 6.92 Å². The molecule has 0 spiro atoms. The molecule has 5 heteroatoms. The molecule has 1 N–H and O–H groups in total. The standard InChI is InChI=1S/C15H19NO4/c1-2-10-6-7-12(20-10)14(17)16-8-9-4-3-5-11(9)13(16)15(18)19/h6-7,9,11,13H,2-5,8H2,1H3,(H,18,19). The predicted molar refractivity (Wildman–Crippen MR) is 71.4 cm³/mol. The highest BCUT2D eigenvalue weighted by atomic mass is 16.4. The van der Waals surface area contributed by atoms with Gasteiger partial charge in [-0.1, -0.05) is 13.3 Å². The van der Waals surface area contributed by atoms with E-state index >= 15 is 0 Å². The minimum Gasteiger partial charge on any atom is -0.480 e. The van der Waals surface area contributed by atoms with Crippen molar-refractivity contribution in [1.29, 1.82) is 0 Å². The van der Waals surface area contributed by atoms with Gasteiger partial charge in [-0.25, -0.2) is 4.79 Å². The van der Waals surface area contributed by atoms with E-state index < -0.39 is 12.0 Å². The number of likely N-dealkylation sites (tertiary alicyclic amines) is 1. The average molecular weight is 277 g/mol. The van der Waals surface area contributed by atoms with Crippen LogP contribution in [0.4, 0.5) is 0 Å². The zero-order chi connectivity index (χ0) is 14.3.